The Hall–Kier alpha value is -3.72. The Balaban J connectivity index is 1.37. The molecule has 0 aliphatic carbocycles. The average Bonchev–Trinajstić information content (AvgIpc) is 2.99. The van der Waals surface area contributed by atoms with Crippen molar-refractivity contribution in [3.05, 3.63) is 59.5 Å². The van der Waals surface area contributed by atoms with E-state index in [1.165, 1.54) is 0 Å². The maximum absolute atomic E-state index is 12.6. The topological polar surface area (TPSA) is 84.5 Å². The molecule has 34 heavy (non-hydrogen) atoms. The summed E-state index contributed by atoms with van der Waals surface area (Å²) < 4.78 is 6.00. The Morgan fingerprint density at radius 1 is 1.09 bits per heavy atom. The van der Waals surface area contributed by atoms with Crippen molar-refractivity contribution in [1.82, 2.24) is 15.1 Å². The van der Waals surface area contributed by atoms with Gasteiger partial charge in [-0.1, -0.05) is 12.1 Å². The quantitative estimate of drug-likeness (QED) is 0.631. The number of benzene rings is 2. The van der Waals surface area contributed by atoms with Crippen molar-refractivity contribution in [2.75, 3.05) is 62.4 Å². The monoisotopic (exact) mass is 461 g/mol. The van der Waals surface area contributed by atoms with Crippen molar-refractivity contribution in [2.24, 2.45) is 4.99 Å². The maximum atomic E-state index is 12.6. The molecule has 0 radical (unpaired) electrons. The average molecular weight is 462 g/mol. The molecule has 0 spiro atoms. The number of likely N-dealkylation sites (N-methyl/N-ethyl adjacent to an activating group) is 1. The summed E-state index contributed by atoms with van der Waals surface area (Å²) in [5, 5.41) is 9.86. The predicted molar refractivity (Wildman–Crippen MR) is 136 cm³/mol. The van der Waals surface area contributed by atoms with E-state index in [0.717, 1.165) is 54.8 Å². The van der Waals surface area contributed by atoms with Gasteiger partial charge in [-0.3, -0.25) is 4.79 Å². The molecule has 178 valence electrons. The lowest BCUT2D eigenvalue weighted by atomic mass is 10.1. The summed E-state index contributed by atoms with van der Waals surface area (Å²) in [6.07, 6.45) is 1.32. The molecular weight excluding hydrogens is 430 g/mol. The van der Waals surface area contributed by atoms with Gasteiger partial charge in [0, 0.05) is 45.0 Å². The number of allylic oxidation sites excluding steroid dienone is 1. The van der Waals surface area contributed by atoms with Crippen LogP contribution < -0.4 is 25.6 Å². The van der Waals surface area contributed by atoms with Crippen LogP contribution in [0.2, 0.25) is 0 Å². The molecule has 3 aliphatic rings. The third-order valence-corrected chi connectivity index (χ3v) is 6.41. The van der Waals surface area contributed by atoms with Crippen LogP contribution in [0, 0.1) is 0 Å². The smallest absolute Gasteiger partial charge is 0.257 e. The van der Waals surface area contributed by atoms with E-state index in [1.807, 2.05) is 37.1 Å². The van der Waals surface area contributed by atoms with Gasteiger partial charge in [0.1, 0.15) is 17.3 Å². The molecule has 2 aromatic rings. The number of rotatable bonds is 5. The van der Waals surface area contributed by atoms with Gasteiger partial charge in [-0.2, -0.15) is 0 Å². The SMILES string of the molecule is CCOc1cc(N2CCN(C)CC2)ccc1NC1N=CC2=C(Nc3ccccc3C(=O)N2)N1C. The van der Waals surface area contributed by atoms with E-state index < -0.39 is 0 Å². The first-order chi connectivity index (χ1) is 16.5. The lowest BCUT2D eigenvalue weighted by Crippen LogP contribution is -2.44. The van der Waals surface area contributed by atoms with E-state index >= 15 is 0 Å². The summed E-state index contributed by atoms with van der Waals surface area (Å²) in [4.78, 5) is 24.0. The molecule has 1 saturated heterocycles. The van der Waals surface area contributed by atoms with Crippen LogP contribution in [0.15, 0.2) is 59.0 Å². The Morgan fingerprint density at radius 3 is 2.68 bits per heavy atom. The molecule has 5 rings (SSSR count). The Kier molecular flexibility index (Phi) is 6.02. The molecule has 0 bridgehead atoms. The van der Waals surface area contributed by atoms with Crippen LogP contribution in [0.1, 0.15) is 17.3 Å². The van der Waals surface area contributed by atoms with Crippen molar-refractivity contribution < 1.29 is 9.53 Å². The highest BCUT2D eigenvalue weighted by atomic mass is 16.5. The number of nitrogens with one attached hydrogen (secondary N) is 3. The number of hydrogen-bond acceptors (Lipinski definition) is 8. The molecule has 3 N–H and O–H groups in total. The zero-order chi connectivity index (χ0) is 23.7. The summed E-state index contributed by atoms with van der Waals surface area (Å²) in [5.41, 5.74) is 4.03. The molecule has 3 aliphatic heterocycles. The third kappa shape index (κ3) is 4.26. The number of fused-ring (bicyclic) bond motifs is 1. The summed E-state index contributed by atoms with van der Waals surface area (Å²) in [6.45, 7) is 6.67. The van der Waals surface area contributed by atoms with E-state index in [1.54, 1.807) is 12.3 Å². The van der Waals surface area contributed by atoms with Gasteiger partial charge in [-0.05, 0) is 38.2 Å². The van der Waals surface area contributed by atoms with E-state index in [2.05, 4.69) is 56.0 Å². The van der Waals surface area contributed by atoms with Gasteiger partial charge in [0.15, 0.2) is 6.29 Å². The summed E-state index contributed by atoms with van der Waals surface area (Å²) in [5.74, 6) is 1.42. The lowest BCUT2D eigenvalue weighted by molar-refractivity contribution is 0.0968. The first-order valence-corrected chi connectivity index (χ1v) is 11.7. The number of hydrogen-bond donors (Lipinski definition) is 3. The fourth-order valence-electron chi connectivity index (χ4n) is 4.41. The van der Waals surface area contributed by atoms with Crippen molar-refractivity contribution in [2.45, 2.75) is 13.2 Å². The Labute approximate surface area is 200 Å². The summed E-state index contributed by atoms with van der Waals surface area (Å²) in [7, 11) is 4.10. The number of ether oxygens (including phenoxy) is 1. The van der Waals surface area contributed by atoms with E-state index in [-0.39, 0.29) is 12.2 Å². The molecule has 0 aromatic heterocycles. The minimum Gasteiger partial charge on any atom is -0.492 e. The number of carbonyl (C=O) groups is 1. The largest absolute Gasteiger partial charge is 0.492 e. The van der Waals surface area contributed by atoms with Crippen LogP contribution in [0.5, 0.6) is 5.75 Å². The molecule has 3 heterocycles. The fraction of sp³-hybridized carbons (Fsp3) is 0.360. The molecule has 1 fully saturated rings. The number of piperazine rings is 1. The number of nitrogens with zero attached hydrogens (tertiary/aromatic N) is 4. The van der Waals surface area contributed by atoms with Crippen LogP contribution in [0.4, 0.5) is 17.1 Å². The lowest BCUT2D eigenvalue weighted by Gasteiger charge is -2.35. The molecular formula is C25H31N7O2. The van der Waals surface area contributed by atoms with Crippen molar-refractivity contribution in [3.8, 4) is 5.75 Å². The second-order valence-corrected chi connectivity index (χ2v) is 8.70. The molecule has 9 nitrogen and oxygen atoms in total. The van der Waals surface area contributed by atoms with Gasteiger partial charge < -0.3 is 35.4 Å². The second-order valence-electron chi connectivity index (χ2n) is 8.70. The summed E-state index contributed by atoms with van der Waals surface area (Å²) >= 11 is 0. The number of anilines is 3. The molecule has 2 aromatic carbocycles. The number of carbonyl (C=O) groups excluding carboxylic acids is 1. The highest BCUT2D eigenvalue weighted by Gasteiger charge is 2.29. The van der Waals surface area contributed by atoms with Crippen LogP contribution in [0.25, 0.3) is 0 Å². The Morgan fingerprint density at radius 2 is 1.88 bits per heavy atom. The normalized spacial score (nSPS) is 20.2. The highest BCUT2D eigenvalue weighted by Crippen LogP contribution is 2.33. The van der Waals surface area contributed by atoms with E-state index in [0.29, 0.717) is 17.9 Å². The molecule has 1 amide bonds. The first-order valence-electron chi connectivity index (χ1n) is 11.7. The van der Waals surface area contributed by atoms with Crippen LogP contribution >= 0.6 is 0 Å². The van der Waals surface area contributed by atoms with Gasteiger partial charge in [0.2, 0.25) is 0 Å². The van der Waals surface area contributed by atoms with Crippen molar-refractivity contribution in [3.63, 3.8) is 0 Å². The van der Waals surface area contributed by atoms with Gasteiger partial charge in [0.05, 0.1) is 29.8 Å². The van der Waals surface area contributed by atoms with Crippen LogP contribution in [0.3, 0.4) is 0 Å². The minimum atomic E-state index is -0.373. The van der Waals surface area contributed by atoms with Gasteiger partial charge in [0.25, 0.3) is 5.91 Å². The van der Waals surface area contributed by atoms with E-state index in [9.17, 15) is 4.79 Å². The maximum Gasteiger partial charge on any atom is 0.257 e. The highest BCUT2D eigenvalue weighted by molar-refractivity contribution is 6.05. The fourth-order valence-corrected chi connectivity index (χ4v) is 4.41. The number of para-hydroxylation sites is 1. The van der Waals surface area contributed by atoms with Gasteiger partial charge >= 0.3 is 0 Å². The molecule has 9 heteroatoms. The second kappa shape index (κ2) is 9.26. The van der Waals surface area contributed by atoms with Gasteiger partial charge in [-0.25, -0.2) is 4.99 Å². The third-order valence-electron chi connectivity index (χ3n) is 6.41. The number of aliphatic imine (C=N–C) groups is 1. The zero-order valence-electron chi connectivity index (χ0n) is 19.8. The summed E-state index contributed by atoms with van der Waals surface area (Å²) in [6, 6.07) is 13.8. The number of amides is 1. The zero-order valence-corrected chi connectivity index (χ0v) is 19.8. The first kappa shape index (κ1) is 22.1. The standard InChI is InChI=1S/C25H31N7O2/c1-4-34-22-15-17(32-13-11-30(2)12-14-32)9-10-20(22)29-25-26-16-21-23(31(25)3)27-19-8-6-5-7-18(19)24(33)28-21/h5-10,15-16,25,27,29H,4,11-14H2,1-3H3,(H,28,33). The molecule has 1 atom stereocenters. The van der Waals surface area contributed by atoms with Crippen LogP contribution in [-0.4, -0.2) is 75.1 Å². The van der Waals surface area contributed by atoms with Crippen molar-refractivity contribution >= 4 is 29.2 Å². The molecule has 0 saturated carbocycles. The van der Waals surface area contributed by atoms with Crippen LogP contribution in [-0.2, 0) is 0 Å². The predicted octanol–water partition coefficient (Wildman–Crippen LogP) is 2.57. The van der Waals surface area contributed by atoms with E-state index in [4.69, 9.17) is 4.74 Å². The minimum absolute atomic E-state index is 0.155. The molecule has 1 unspecified atom stereocenters. The van der Waals surface area contributed by atoms with Gasteiger partial charge in [-0.15, -0.1) is 0 Å². The Bertz CT molecular complexity index is 1140. The van der Waals surface area contributed by atoms with Crippen molar-refractivity contribution in [1.29, 1.82) is 0 Å².